The number of para-hydroxylation sites is 1. The first-order chi connectivity index (χ1) is 29.8. The van der Waals surface area contributed by atoms with Gasteiger partial charge in [-0.1, -0.05) is 121 Å². The van der Waals surface area contributed by atoms with Crippen molar-refractivity contribution in [1.29, 1.82) is 0 Å². The predicted octanol–water partition coefficient (Wildman–Crippen LogP) is 13.8. The lowest BCUT2D eigenvalue weighted by Gasteiger charge is -2.53. The Balaban J connectivity index is 1.12. The molecule has 0 spiro atoms. The molecule has 62 heavy (non-hydrogen) atoms. The summed E-state index contributed by atoms with van der Waals surface area (Å²) >= 11 is 1.92. The van der Waals surface area contributed by atoms with Gasteiger partial charge < -0.3 is 14.7 Å². The maximum Gasteiger partial charge on any atom is 0.252 e. The molecule has 0 N–H and O–H groups in total. The van der Waals surface area contributed by atoms with Gasteiger partial charge in [0.15, 0.2) is 0 Å². The number of rotatable bonds is 2. The van der Waals surface area contributed by atoms with Crippen LogP contribution in [0.3, 0.4) is 0 Å². The maximum atomic E-state index is 2.87. The van der Waals surface area contributed by atoms with Crippen LogP contribution in [-0.2, 0) is 16.2 Å². The van der Waals surface area contributed by atoms with Gasteiger partial charge in [-0.05, 0) is 139 Å². The second kappa shape index (κ2) is 12.2. The van der Waals surface area contributed by atoms with Crippen LogP contribution >= 0.6 is 11.3 Å². The minimum Gasteiger partial charge on any atom is -0.335 e. The Morgan fingerprint density at radius 2 is 1.26 bits per heavy atom. The van der Waals surface area contributed by atoms with Gasteiger partial charge in [0.2, 0.25) is 0 Å². The van der Waals surface area contributed by atoms with Crippen molar-refractivity contribution in [3.63, 3.8) is 0 Å². The number of hydrogen-bond donors (Lipinski definition) is 0. The van der Waals surface area contributed by atoms with E-state index in [1.54, 1.807) is 5.56 Å². The Hall–Kier alpha value is -5.00. The molecule has 4 aliphatic heterocycles. The Morgan fingerprint density at radius 3 is 2.05 bits per heavy atom. The van der Waals surface area contributed by atoms with E-state index >= 15 is 0 Å². The Morgan fingerprint density at radius 1 is 0.565 bits per heavy atom. The summed E-state index contributed by atoms with van der Waals surface area (Å²) in [6.45, 7) is 19.9. The van der Waals surface area contributed by atoms with Crippen LogP contribution in [0.1, 0.15) is 122 Å². The lowest BCUT2D eigenvalue weighted by atomic mass is 9.33. The van der Waals surface area contributed by atoms with Crippen molar-refractivity contribution in [1.82, 2.24) is 0 Å². The molecule has 6 aliphatic rings. The number of nitrogens with zero attached hydrogens (tertiary/aromatic N) is 3. The SMILES string of the molecule is Cc1cc2c3c(c1)N1c4c(cccc4C4(C)CCCCC14C)B3c1ccc(N3c4ccc(C(C)(C)C)cc4C4(C)CCCCC34C)cc1N2c1cccc2sc3ccccc3c12. The monoisotopic (exact) mass is 827 g/mol. The van der Waals surface area contributed by atoms with Gasteiger partial charge in [-0.2, -0.15) is 0 Å². The third kappa shape index (κ3) is 4.44. The van der Waals surface area contributed by atoms with Crippen LogP contribution in [0.25, 0.3) is 20.2 Å². The number of anilines is 7. The van der Waals surface area contributed by atoms with E-state index in [9.17, 15) is 0 Å². The topological polar surface area (TPSA) is 9.72 Å². The van der Waals surface area contributed by atoms with E-state index in [0.717, 1.165) is 0 Å². The molecule has 7 aromatic rings. The molecule has 4 unspecified atom stereocenters. The molecular weight excluding hydrogens is 770 g/mol. The summed E-state index contributed by atoms with van der Waals surface area (Å²) in [5.74, 6) is 0. The van der Waals surface area contributed by atoms with Gasteiger partial charge in [0.1, 0.15) is 0 Å². The van der Waals surface area contributed by atoms with E-state index in [-0.39, 0.29) is 34.0 Å². The van der Waals surface area contributed by atoms with Crippen molar-refractivity contribution >= 4 is 94.4 Å². The van der Waals surface area contributed by atoms with Crippen molar-refractivity contribution < 1.29 is 0 Å². The van der Waals surface area contributed by atoms with Crippen LogP contribution < -0.4 is 31.1 Å². The molecule has 3 nitrogen and oxygen atoms in total. The fourth-order valence-corrected chi connectivity index (χ4v) is 15.5. The fourth-order valence-electron chi connectivity index (χ4n) is 14.3. The number of hydrogen-bond acceptors (Lipinski definition) is 4. The fraction of sp³-hybridized carbons (Fsp3) is 0.368. The van der Waals surface area contributed by atoms with Crippen LogP contribution in [0.2, 0.25) is 0 Å². The second-order valence-corrected chi connectivity index (χ2v) is 23.1. The van der Waals surface area contributed by atoms with Gasteiger partial charge in [0, 0.05) is 65.1 Å². The summed E-state index contributed by atoms with van der Waals surface area (Å²) in [6.07, 6.45) is 9.97. The third-order valence-corrected chi connectivity index (χ3v) is 19.1. The van der Waals surface area contributed by atoms with Gasteiger partial charge in [-0.25, -0.2) is 0 Å². The highest BCUT2D eigenvalue weighted by molar-refractivity contribution is 7.26. The molecular formula is C57H58BN3S. The average Bonchev–Trinajstić information content (AvgIpc) is 3.81. The van der Waals surface area contributed by atoms with E-state index in [0.29, 0.717) is 0 Å². The normalized spacial score (nSPS) is 26.6. The average molecular weight is 828 g/mol. The molecule has 2 saturated carbocycles. The third-order valence-electron chi connectivity index (χ3n) is 17.9. The van der Waals surface area contributed by atoms with Crippen molar-refractivity contribution in [3.8, 4) is 0 Å². The maximum absolute atomic E-state index is 2.87. The number of thiophene rings is 1. The first-order valence-electron chi connectivity index (χ1n) is 23.6. The van der Waals surface area contributed by atoms with Crippen molar-refractivity contribution in [3.05, 3.63) is 131 Å². The Bertz CT molecular complexity index is 3100. The predicted molar refractivity (Wildman–Crippen MR) is 268 cm³/mol. The van der Waals surface area contributed by atoms with Crippen LogP contribution in [0.4, 0.5) is 39.8 Å². The quantitative estimate of drug-likeness (QED) is 0.161. The lowest BCUT2D eigenvalue weighted by Crippen LogP contribution is -2.64. The highest BCUT2D eigenvalue weighted by Gasteiger charge is 2.62. The summed E-state index contributed by atoms with van der Waals surface area (Å²) in [5.41, 5.74) is 20.0. The molecule has 310 valence electrons. The molecule has 0 saturated heterocycles. The summed E-state index contributed by atoms with van der Waals surface area (Å²) in [4.78, 5) is 8.40. The first kappa shape index (κ1) is 37.5. The van der Waals surface area contributed by atoms with Crippen molar-refractivity contribution in [2.24, 2.45) is 0 Å². The van der Waals surface area contributed by atoms with Crippen molar-refractivity contribution in [2.75, 3.05) is 14.7 Å². The van der Waals surface area contributed by atoms with E-state index in [4.69, 9.17) is 0 Å². The number of fused-ring (bicyclic) bond motifs is 13. The number of aryl methyl sites for hydroxylation is 1. The summed E-state index contributed by atoms with van der Waals surface area (Å²) in [6, 6.07) is 43.8. The largest absolute Gasteiger partial charge is 0.335 e. The highest BCUT2D eigenvalue weighted by Crippen LogP contribution is 2.64. The zero-order valence-electron chi connectivity index (χ0n) is 37.9. The van der Waals surface area contributed by atoms with Crippen molar-refractivity contribution in [2.45, 2.75) is 134 Å². The van der Waals surface area contributed by atoms with Crippen LogP contribution in [0.5, 0.6) is 0 Å². The van der Waals surface area contributed by atoms with Gasteiger partial charge in [-0.3, -0.25) is 0 Å². The summed E-state index contributed by atoms with van der Waals surface area (Å²) in [5, 5.41) is 2.70. The van der Waals surface area contributed by atoms with E-state index in [2.05, 4.69) is 179 Å². The highest BCUT2D eigenvalue weighted by atomic mass is 32.1. The minimum absolute atomic E-state index is 0.00679. The van der Waals surface area contributed by atoms with Gasteiger partial charge in [0.25, 0.3) is 6.71 Å². The van der Waals surface area contributed by atoms with Gasteiger partial charge in [0.05, 0.1) is 16.8 Å². The van der Waals surface area contributed by atoms with Crippen LogP contribution in [-0.4, -0.2) is 17.8 Å². The zero-order valence-corrected chi connectivity index (χ0v) is 38.7. The molecule has 5 heterocycles. The molecule has 0 bridgehead atoms. The molecule has 0 amide bonds. The smallest absolute Gasteiger partial charge is 0.252 e. The molecule has 0 radical (unpaired) electrons. The molecule has 4 atom stereocenters. The van der Waals surface area contributed by atoms with E-state index in [1.807, 2.05) is 11.3 Å². The standard InChI is InChI=1S/C57H58BN3S/c1-35-31-46-51-47(32-35)61-52-39(54(5)27-11-14-30-57(54,61)8)18-15-19-42(52)58(51)41-25-24-37(34-45(41)59(46)44-20-16-22-49-50(44)38-17-9-10-21-48(38)62-49)60-43-26-23-36(53(2,3)4)33-40(43)55(6)28-12-13-29-56(55,60)7/h9-10,15-26,31-34H,11-14,27-30H2,1-8H3. The summed E-state index contributed by atoms with van der Waals surface area (Å²) in [7, 11) is 0. The molecule has 5 heteroatoms. The van der Waals surface area contributed by atoms with Crippen LogP contribution in [0, 0.1) is 6.92 Å². The lowest BCUT2D eigenvalue weighted by molar-refractivity contribution is 0.195. The molecule has 2 fully saturated rings. The Kier molecular flexibility index (Phi) is 7.37. The molecule has 2 aliphatic carbocycles. The van der Waals surface area contributed by atoms with Gasteiger partial charge >= 0.3 is 0 Å². The zero-order chi connectivity index (χ0) is 42.3. The second-order valence-electron chi connectivity index (χ2n) is 22.0. The summed E-state index contributed by atoms with van der Waals surface area (Å²) < 4.78 is 2.69. The first-order valence-corrected chi connectivity index (χ1v) is 24.5. The minimum atomic E-state index is -0.0458. The molecule has 6 aromatic carbocycles. The Labute approximate surface area is 372 Å². The van der Waals surface area contributed by atoms with Gasteiger partial charge in [-0.15, -0.1) is 11.3 Å². The van der Waals surface area contributed by atoms with Crippen LogP contribution in [0.15, 0.2) is 109 Å². The number of benzene rings is 6. The molecule has 13 rings (SSSR count). The van der Waals surface area contributed by atoms with E-state index in [1.165, 1.54) is 144 Å². The molecule has 1 aromatic heterocycles. The van der Waals surface area contributed by atoms with E-state index < -0.39 is 0 Å².